The van der Waals surface area contributed by atoms with Crippen LogP contribution in [0, 0.1) is 12.8 Å². The summed E-state index contributed by atoms with van der Waals surface area (Å²) >= 11 is 0. The number of fused-ring (bicyclic) bond motifs is 1. The van der Waals surface area contributed by atoms with Crippen molar-refractivity contribution in [2.75, 3.05) is 24.5 Å². The Kier molecular flexibility index (Phi) is 2.79. The van der Waals surface area contributed by atoms with E-state index < -0.39 is 0 Å². The van der Waals surface area contributed by atoms with Gasteiger partial charge in [0.15, 0.2) is 0 Å². The zero-order valence-electron chi connectivity index (χ0n) is 10.7. The van der Waals surface area contributed by atoms with Crippen LogP contribution in [0.1, 0.15) is 24.6 Å². The third-order valence-electron chi connectivity index (χ3n) is 4.11. The molecule has 2 unspecified atom stereocenters. The minimum absolute atomic E-state index is 0.675. The number of anilines is 1. The van der Waals surface area contributed by atoms with Gasteiger partial charge in [0.1, 0.15) is 5.82 Å². The Balaban J connectivity index is 1.90. The maximum absolute atomic E-state index is 4.79. The van der Waals surface area contributed by atoms with Crippen LogP contribution >= 0.6 is 0 Å². The molecule has 3 heterocycles. The van der Waals surface area contributed by atoms with Crippen LogP contribution in [-0.4, -0.2) is 30.7 Å². The highest BCUT2D eigenvalue weighted by Gasteiger charge is 2.38. The number of hydrogen-bond acceptors (Lipinski definition) is 3. The molecule has 1 N–H and O–H groups in total. The lowest BCUT2D eigenvalue weighted by molar-refractivity contribution is 0.577. The summed E-state index contributed by atoms with van der Waals surface area (Å²) in [6.45, 7) is 7.84. The van der Waals surface area contributed by atoms with Crippen molar-refractivity contribution in [1.82, 2.24) is 10.3 Å². The van der Waals surface area contributed by atoms with E-state index in [4.69, 9.17) is 4.98 Å². The molecule has 3 nitrogen and oxygen atoms in total. The molecule has 0 aliphatic carbocycles. The first-order valence-corrected chi connectivity index (χ1v) is 6.73. The summed E-state index contributed by atoms with van der Waals surface area (Å²) in [5, 5.41) is 3.50. The van der Waals surface area contributed by atoms with Crippen LogP contribution in [0.25, 0.3) is 0 Å². The summed E-state index contributed by atoms with van der Waals surface area (Å²) in [6, 6.07) is 5.11. The molecule has 2 aliphatic heterocycles. The third kappa shape index (κ3) is 1.93. The maximum Gasteiger partial charge on any atom is 0.129 e. The van der Waals surface area contributed by atoms with Crippen molar-refractivity contribution in [3.8, 4) is 0 Å². The van der Waals surface area contributed by atoms with Gasteiger partial charge >= 0.3 is 0 Å². The number of rotatable bonds is 2. The Hall–Kier alpha value is -1.09. The summed E-state index contributed by atoms with van der Waals surface area (Å²) in [6.07, 6.45) is 2.34. The van der Waals surface area contributed by atoms with E-state index in [1.54, 1.807) is 0 Å². The minimum atomic E-state index is 0.675. The second kappa shape index (κ2) is 4.30. The van der Waals surface area contributed by atoms with Gasteiger partial charge in [-0.25, -0.2) is 4.98 Å². The highest BCUT2D eigenvalue weighted by atomic mass is 15.3. The van der Waals surface area contributed by atoms with Gasteiger partial charge in [-0.1, -0.05) is 6.92 Å². The lowest BCUT2D eigenvalue weighted by Gasteiger charge is -2.25. The van der Waals surface area contributed by atoms with Crippen LogP contribution in [0.2, 0.25) is 0 Å². The molecule has 0 aromatic carbocycles. The number of aryl methyl sites for hydroxylation is 2. The van der Waals surface area contributed by atoms with E-state index >= 15 is 0 Å². The summed E-state index contributed by atoms with van der Waals surface area (Å²) in [5.41, 5.74) is 2.55. The Morgan fingerprint density at radius 3 is 3.12 bits per heavy atom. The first kappa shape index (κ1) is 11.0. The van der Waals surface area contributed by atoms with E-state index in [0.29, 0.717) is 6.04 Å². The van der Waals surface area contributed by atoms with Crippen LogP contribution in [0.4, 0.5) is 5.82 Å². The number of aromatic nitrogens is 1. The molecule has 2 fully saturated rings. The average Bonchev–Trinajstić information content (AvgIpc) is 2.89. The van der Waals surface area contributed by atoms with Crippen LogP contribution in [0.15, 0.2) is 12.1 Å². The van der Waals surface area contributed by atoms with Crippen LogP contribution in [0.3, 0.4) is 0 Å². The summed E-state index contributed by atoms with van der Waals surface area (Å²) < 4.78 is 0. The van der Waals surface area contributed by atoms with Crippen molar-refractivity contribution in [1.29, 1.82) is 0 Å². The lowest BCUT2D eigenvalue weighted by atomic mass is 10.1. The number of hydrogen-bond donors (Lipinski definition) is 1. The van der Waals surface area contributed by atoms with Gasteiger partial charge in [0.2, 0.25) is 0 Å². The molecule has 0 saturated carbocycles. The van der Waals surface area contributed by atoms with Crippen LogP contribution in [0.5, 0.6) is 0 Å². The van der Waals surface area contributed by atoms with Crippen molar-refractivity contribution in [3.63, 3.8) is 0 Å². The fourth-order valence-corrected chi connectivity index (χ4v) is 3.18. The van der Waals surface area contributed by atoms with Crippen molar-refractivity contribution < 1.29 is 0 Å². The zero-order chi connectivity index (χ0) is 11.8. The van der Waals surface area contributed by atoms with Crippen molar-refractivity contribution in [3.05, 3.63) is 23.4 Å². The molecule has 0 radical (unpaired) electrons. The van der Waals surface area contributed by atoms with Gasteiger partial charge in [-0.2, -0.15) is 0 Å². The van der Waals surface area contributed by atoms with E-state index in [1.807, 2.05) is 0 Å². The second-order valence-electron chi connectivity index (χ2n) is 5.32. The molecule has 2 aliphatic rings. The third-order valence-corrected chi connectivity index (χ3v) is 4.11. The Labute approximate surface area is 103 Å². The maximum atomic E-state index is 4.79. The van der Waals surface area contributed by atoms with Gasteiger partial charge in [-0.15, -0.1) is 0 Å². The van der Waals surface area contributed by atoms with Gasteiger partial charge in [-0.3, -0.25) is 0 Å². The molecule has 3 heteroatoms. The van der Waals surface area contributed by atoms with Crippen molar-refractivity contribution in [2.45, 2.75) is 32.7 Å². The molecule has 3 rings (SSSR count). The molecule has 0 amide bonds. The van der Waals surface area contributed by atoms with Gasteiger partial charge in [-0.05, 0) is 43.4 Å². The predicted octanol–water partition coefficient (Wildman–Crippen LogP) is 1.75. The second-order valence-corrected chi connectivity index (χ2v) is 5.32. The summed E-state index contributed by atoms with van der Waals surface area (Å²) in [4.78, 5) is 7.30. The fourth-order valence-electron chi connectivity index (χ4n) is 3.18. The summed E-state index contributed by atoms with van der Waals surface area (Å²) in [7, 11) is 0. The first-order chi connectivity index (χ1) is 8.28. The molecule has 17 heavy (non-hydrogen) atoms. The molecule has 2 atom stereocenters. The van der Waals surface area contributed by atoms with Gasteiger partial charge in [0.25, 0.3) is 0 Å². The smallest absolute Gasteiger partial charge is 0.129 e. The molecular weight excluding hydrogens is 210 g/mol. The van der Waals surface area contributed by atoms with Crippen LogP contribution in [-0.2, 0) is 6.42 Å². The SMILES string of the molecule is CCc1cc(C)cc(N2CCC3CNCC32)n1. The van der Waals surface area contributed by atoms with Gasteiger partial charge < -0.3 is 10.2 Å². The molecule has 92 valence electrons. The fraction of sp³-hybridized carbons (Fsp3) is 0.643. The predicted molar refractivity (Wildman–Crippen MR) is 70.5 cm³/mol. The largest absolute Gasteiger partial charge is 0.352 e. The normalized spacial score (nSPS) is 27.5. The zero-order valence-corrected chi connectivity index (χ0v) is 10.7. The molecular formula is C14H21N3. The number of nitrogens with zero attached hydrogens (tertiary/aromatic N) is 2. The first-order valence-electron chi connectivity index (χ1n) is 6.73. The van der Waals surface area contributed by atoms with Gasteiger partial charge in [0, 0.05) is 31.4 Å². The van der Waals surface area contributed by atoms with E-state index in [9.17, 15) is 0 Å². The van der Waals surface area contributed by atoms with Crippen molar-refractivity contribution >= 4 is 5.82 Å². The monoisotopic (exact) mass is 231 g/mol. The Morgan fingerprint density at radius 2 is 2.29 bits per heavy atom. The molecule has 1 aromatic heterocycles. The lowest BCUT2D eigenvalue weighted by Crippen LogP contribution is -2.34. The molecule has 0 bridgehead atoms. The van der Waals surface area contributed by atoms with Crippen molar-refractivity contribution in [2.24, 2.45) is 5.92 Å². The van der Waals surface area contributed by atoms with E-state index in [1.165, 1.54) is 36.6 Å². The molecule has 1 aromatic rings. The standard InChI is InChI=1S/C14H21N3/c1-3-12-6-10(2)7-14(16-12)17-5-4-11-8-15-9-13(11)17/h6-7,11,13,15H,3-5,8-9H2,1-2H3. The summed E-state index contributed by atoms with van der Waals surface area (Å²) in [5.74, 6) is 2.03. The molecule has 2 saturated heterocycles. The number of pyridine rings is 1. The number of nitrogens with one attached hydrogen (secondary N) is 1. The Bertz CT molecular complexity index is 416. The highest BCUT2D eigenvalue weighted by Crippen LogP contribution is 2.31. The quantitative estimate of drug-likeness (QED) is 0.840. The van der Waals surface area contributed by atoms with E-state index in [2.05, 4.69) is 36.2 Å². The highest BCUT2D eigenvalue weighted by molar-refractivity contribution is 5.45. The van der Waals surface area contributed by atoms with E-state index in [0.717, 1.165) is 18.9 Å². The Morgan fingerprint density at radius 1 is 1.41 bits per heavy atom. The topological polar surface area (TPSA) is 28.2 Å². The molecule has 0 spiro atoms. The minimum Gasteiger partial charge on any atom is -0.352 e. The van der Waals surface area contributed by atoms with E-state index in [-0.39, 0.29) is 0 Å². The average molecular weight is 231 g/mol. The van der Waals surface area contributed by atoms with Crippen LogP contribution < -0.4 is 10.2 Å². The van der Waals surface area contributed by atoms with Gasteiger partial charge in [0.05, 0.1) is 0 Å².